The van der Waals surface area contributed by atoms with E-state index in [4.69, 9.17) is 5.73 Å². The quantitative estimate of drug-likeness (QED) is 0.783. The molecule has 0 saturated heterocycles. The van der Waals surface area contributed by atoms with Gasteiger partial charge in [0.15, 0.2) is 0 Å². The van der Waals surface area contributed by atoms with Gasteiger partial charge in [0.2, 0.25) is 0 Å². The number of hydrogen-bond donors (Lipinski definition) is 1. The summed E-state index contributed by atoms with van der Waals surface area (Å²) in [6.45, 7) is 0. The first-order valence-corrected chi connectivity index (χ1v) is 7.49. The maximum Gasteiger partial charge on any atom is 0.0749 e. The van der Waals surface area contributed by atoms with Gasteiger partial charge in [0.05, 0.1) is 5.52 Å². The zero-order chi connectivity index (χ0) is 14.2. The van der Waals surface area contributed by atoms with Gasteiger partial charge in [-0.2, -0.15) is 0 Å². The fourth-order valence-electron chi connectivity index (χ4n) is 3.32. The first-order valence-electron chi connectivity index (χ1n) is 7.49. The number of pyridine rings is 1. The van der Waals surface area contributed by atoms with Crippen molar-refractivity contribution in [1.29, 1.82) is 0 Å². The van der Waals surface area contributed by atoms with Crippen LogP contribution in [-0.2, 0) is 0 Å². The minimum absolute atomic E-state index is 0.0637. The number of rotatable bonds is 3. The van der Waals surface area contributed by atoms with Crippen molar-refractivity contribution in [2.45, 2.75) is 18.4 Å². The highest BCUT2D eigenvalue weighted by Gasteiger charge is 2.43. The van der Waals surface area contributed by atoms with E-state index in [0.29, 0.717) is 11.8 Å². The predicted octanol–water partition coefficient (Wildman–Crippen LogP) is 4.04. The number of fused-ring (bicyclic) bond motifs is 1. The molecule has 1 aromatic heterocycles. The molecule has 3 atom stereocenters. The molecule has 2 heteroatoms. The number of hydrogen-bond acceptors (Lipinski definition) is 2. The van der Waals surface area contributed by atoms with Gasteiger partial charge < -0.3 is 5.73 Å². The summed E-state index contributed by atoms with van der Waals surface area (Å²) in [6, 6.07) is 21.1. The van der Waals surface area contributed by atoms with Crippen molar-refractivity contribution in [2.75, 3.05) is 0 Å². The Morgan fingerprint density at radius 3 is 2.62 bits per heavy atom. The summed E-state index contributed by atoms with van der Waals surface area (Å²) in [5.74, 6) is 1.13. The predicted molar refractivity (Wildman–Crippen MR) is 86.0 cm³/mol. The first kappa shape index (κ1) is 12.5. The lowest BCUT2D eigenvalue weighted by atomic mass is 9.97. The van der Waals surface area contributed by atoms with E-state index in [1.807, 2.05) is 12.3 Å². The molecular formula is C19H18N2. The fraction of sp³-hybridized carbons (Fsp3) is 0.211. The summed E-state index contributed by atoms with van der Waals surface area (Å²) in [4.78, 5) is 4.53. The molecule has 0 amide bonds. The average Bonchev–Trinajstić information content (AvgIpc) is 3.35. The van der Waals surface area contributed by atoms with Gasteiger partial charge in [-0.15, -0.1) is 0 Å². The molecule has 1 saturated carbocycles. The minimum Gasteiger partial charge on any atom is -0.324 e. The molecule has 0 spiro atoms. The molecule has 4 rings (SSSR count). The zero-order valence-corrected chi connectivity index (χ0v) is 11.8. The Balaban J connectivity index is 1.65. The normalized spacial score (nSPS) is 22.1. The van der Waals surface area contributed by atoms with E-state index < -0.39 is 0 Å². The highest BCUT2D eigenvalue weighted by molar-refractivity contribution is 5.82. The molecule has 3 aromatic rings. The van der Waals surface area contributed by atoms with Crippen LogP contribution < -0.4 is 5.73 Å². The van der Waals surface area contributed by atoms with E-state index in [1.165, 1.54) is 22.9 Å². The molecule has 2 aromatic carbocycles. The fourth-order valence-corrected chi connectivity index (χ4v) is 3.32. The first-order chi connectivity index (χ1) is 10.3. The highest BCUT2D eigenvalue weighted by atomic mass is 14.7. The number of benzene rings is 2. The van der Waals surface area contributed by atoms with Crippen molar-refractivity contribution in [1.82, 2.24) is 4.98 Å². The van der Waals surface area contributed by atoms with E-state index in [9.17, 15) is 0 Å². The summed E-state index contributed by atoms with van der Waals surface area (Å²) in [5.41, 5.74) is 10.2. The maximum atomic E-state index is 6.55. The molecule has 1 aliphatic carbocycles. The summed E-state index contributed by atoms with van der Waals surface area (Å²) in [5, 5.41) is 1.17. The molecule has 2 nitrogen and oxygen atoms in total. The lowest BCUT2D eigenvalue weighted by Crippen LogP contribution is -2.14. The number of nitrogens with two attached hydrogens (primary N) is 1. The Morgan fingerprint density at radius 2 is 1.76 bits per heavy atom. The van der Waals surface area contributed by atoms with Crippen LogP contribution in [0.15, 0.2) is 66.9 Å². The molecule has 1 fully saturated rings. The zero-order valence-electron chi connectivity index (χ0n) is 11.8. The van der Waals surface area contributed by atoms with Crippen molar-refractivity contribution in [3.63, 3.8) is 0 Å². The maximum absolute atomic E-state index is 6.55. The van der Waals surface area contributed by atoms with E-state index in [-0.39, 0.29) is 6.04 Å². The molecule has 3 unspecified atom stereocenters. The third kappa shape index (κ3) is 2.22. The van der Waals surface area contributed by atoms with E-state index >= 15 is 0 Å². The second-order valence-corrected chi connectivity index (χ2v) is 5.86. The van der Waals surface area contributed by atoms with E-state index in [2.05, 4.69) is 59.6 Å². The molecule has 1 heterocycles. The standard InChI is InChI=1S/C19H18N2/c20-18(17-12-16(17)13-6-2-1-3-7-13)15-10-4-8-14-9-5-11-21-19(14)15/h1-11,16-18H,12,20H2. The third-order valence-electron chi connectivity index (χ3n) is 4.55. The molecule has 0 bridgehead atoms. The van der Waals surface area contributed by atoms with Crippen LogP contribution in [-0.4, -0.2) is 4.98 Å². The number of para-hydroxylation sites is 1. The van der Waals surface area contributed by atoms with Crippen molar-refractivity contribution in [3.05, 3.63) is 78.0 Å². The van der Waals surface area contributed by atoms with Gasteiger partial charge in [0, 0.05) is 17.6 Å². The van der Waals surface area contributed by atoms with Gasteiger partial charge >= 0.3 is 0 Å². The van der Waals surface area contributed by atoms with Gasteiger partial charge in [-0.3, -0.25) is 4.98 Å². The topological polar surface area (TPSA) is 38.9 Å². The molecule has 0 aliphatic heterocycles. The second-order valence-electron chi connectivity index (χ2n) is 5.86. The van der Waals surface area contributed by atoms with Crippen LogP contribution in [0.1, 0.15) is 29.5 Å². The molecule has 2 N–H and O–H groups in total. The largest absolute Gasteiger partial charge is 0.324 e. The SMILES string of the molecule is NC(c1cccc2cccnc12)C1CC1c1ccccc1. The Kier molecular flexibility index (Phi) is 2.97. The smallest absolute Gasteiger partial charge is 0.0749 e. The van der Waals surface area contributed by atoms with Crippen molar-refractivity contribution < 1.29 is 0 Å². The van der Waals surface area contributed by atoms with Crippen molar-refractivity contribution >= 4 is 10.9 Å². The van der Waals surface area contributed by atoms with Crippen LogP contribution in [0.5, 0.6) is 0 Å². The summed E-state index contributed by atoms with van der Waals surface area (Å²) >= 11 is 0. The van der Waals surface area contributed by atoms with Crippen molar-refractivity contribution in [2.24, 2.45) is 11.7 Å². The molecule has 104 valence electrons. The third-order valence-corrected chi connectivity index (χ3v) is 4.55. The van der Waals surface area contributed by atoms with E-state index in [1.54, 1.807) is 0 Å². The van der Waals surface area contributed by atoms with Gasteiger partial charge in [-0.25, -0.2) is 0 Å². The van der Waals surface area contributed by atoms with E-state index in [0.717, 1.165) is 5.52 Å². The van der Waals surface area contributed by atoms with Crippen LogP contribution >= 0.6 is 0 Å². The van der Waals surface area contributed by atoms with Crippen LogP contribution in [0, 0.1) is 5.92 Å². The lowest BCUT2D eigenvalue weighted by molar-refractivity contribution is 0.619. The lowest BCUT2D eigenvalue weighted by Gasteiger charge is -2.14. The van der Waals surface area contributed by atoms with Crippen LogP contribution in [0.4, 0.5) is 0 Å². The molecule has 0 radical (unpaired) electrons. The van der Waals surface area contributed by atoms with Crippen LogP contribution in [0.2, 0.25) is 0 Å². The summed E-state index contributed by atoms with van der Waals surface area (Å²) in [7, 11) is 0. The Labute approximate surface area is 124 Å². The Hall–Kier alpha value is -2.19. The summed E-state index contributed by atoms with van der Waals surface area (Å²) in [6.07, 6.45) is 3.02. The van der Waals surface area contributed by atoms with Gasteiger partial charge in [-0.05, 0) is 35.4 Å². The molecule has 21 heavy (non-hydrogen) atoms. The van der Waals surface area contributed by atoms with Crippen LogP contribution in [0.25, 0.3) is 10.9 Å². The number of nitrogens with zero attached hydrogens (tertiary/aromatic N) is 1. The van der Waals surface area contributed by atoms with Gasteiger partial charge in [0.1, 0.15) is 0 Å². The monoisotopic (exact) mass is 274 g/mol. The summed E-state index contributed by atoms with van der Waals surface area (Å²) < 4.78 is 0. The highest BCUT2D eigenvalue weighted by Crippen LogP contribution is 2.53. The number of aromatic nitrogens is 1. The Morgan fingerprint density at radius 1 is 0.952 bits per heavy atom. The average molecular weight is 274 g/mol. The molecule has 1 aliphatic rings. The minimum atomic E-state index is 0.0637. The van der Waals surface area contributed by atoms with Gasteiger partial charge in [-0.1, -0.05) is 54.6 Å². The van der Waals surface area contributed by atoms with Crippen molar-refractivity contribution in [3.8, 4) is 0 Å². The molecular weight excluding hydrogens is 256 g/mol. The van der Waals surface area contributed by atoms with Gasteiger partial charge in [0.25, 0.3) is 0 Å². The second kappa shape index (κ2) is 4.97. The van der Waals surface area contributed by atoms with Crippen LogP contribution in [0.3, 0.4) is 0 Å². The Bertz CT molecular complexity index is 761.